The lowest BCUT2D eigenvalue weighted by Crippen LogP contribution is -2.38. The molecule has 1 aromatic heterocycles. The van der Waals surface area contributed by atoms with Crippen LogP contribution < -0.4 is 15.0 Å². The number of rotatable bonds is 4. The standard InChI is InChI=1S/C11H19N5OS/c1-4-12-9-13-10(15-11(14-9)17-3)16-5-6-18-8(2)7-16/h8H,4-7H2,1-3H3,(H,12,13,14,15). The van der Waals surface area contributed by atoms with Crippen molar-refractivity contribution in [2.24, 2.45) is 0 Å². The molecule has 1 N–H and O–H groups in total. The van der Waals surface area contributed by atoms with Gasteiger partial charge in [-0.15, -0.1) is 0 Å². The fourth-order valence-electron chi connectivity index (χ4n) is 1.82. The van der Waals surface area contributed by atoms with E-state index in [1.165, 1.54) is 0 Å². The Bertz CT molecular complexity index is 403. The molecule has 1 aliphatic rings. The Hall–Kier alpha value is -1.24. The van der Waals surface area contributed by atoms with Crippen molar-refractivity contribution in [3.05, 3.63) is 0 Å². The molecule has 0 aromatic carbocycles. The summed E-state index contributed by atoms with van der Waals surface area (Å²) >= 11 is 1.98. The lowest BCUT2D eigenvalue weighted by Gasteiger charge is -2.30. The molecule has 1 atom stereocenters. The predicted molar refractivity (Wildman–Crippen MR) is 74.7 cm³/mol. The first kappa shape index (κ1) is 13.2. The molecule has 1 aliphatic heterocycles. The number of nitrogens with zero attached hydrogens (tertiary/aromatic N) is 4. The van der Waals surface area contributed by atoms with Crippen molar-refractivity contribution in [2.75, 3.05) is 42.7 Å². The monoisotopic (exact) mass is 269 g/mol. The SMILES string of the molecule is CCNc1nc(OC)nc(N2CCSC(C)C2)n1. The van der Waals surface area contributed by atoms with Crippen molar-refractivity contribution in [3.63, 3.8) is 0 Å². The van der Waals surface area contributed by atoms with Crippen LogP contribution in [0.2, 0.25) is 0 Å². The summed E-state index contributed by atoms with van der Waals surface area (Å²) in [5.74, 6) is 2.38. The van der Waals surface area contributed by atoms with E-state index in [2.05, 4.69) is 32.1 Å². The molecule has 0 radical (unpaired) electrons. The minimum absolute atomic E-state index is 0.363. The highest BCUT2D eigenvalue weighted by atomic mass is 32.2. The van der Waals surface area contributed by atoms with Gasteiger partial charge in [-0.05, 0) is 6.92 Å². The molecule has 6 nitrogen and oxygen atoms in total. The molecule has 1 unspecified atom stereocenters. The molecule has 7 heteroatoms. The summed E-state index contributed by atoms with van der Waals surface area (Å²) in [7, 11) is 1.57. The molecule has 0 amide bonds. The molecule has 1 aromatic rings. The van der Waals surface area contributed by atoms with Crippen molar-refractivity contribution in [1.29, 1.82) is 0 Å². The molecule has 0 aliphatic carbocycles. The number of ether oxygens (including phenoxy) is 1. The highest BCUT2D eigenvalue weighted by molar-refractivity contribution is 8.00. The largest absolute Gasteiger partial charge is 0.467 e. The smallest absolute Gasteiger partial charge is 0.322 e. The molecule has 100 valence electrons. The molecule has 0 spiro atoms. The number of aromatic nitrogens is 3. The highest BCUT2D eigenvalue weighted by Crippen LogP contribution is 2.22. The van der Waals surface area contributed by atoms with Crippen molar-refractivity contribution in [3.8, 4) is 6.01 Å². The van der Waals surface area contributed by atoms with E-state index in [-0.39, 0.29) is 0 Å². The zero-order chi connectivity index (χ0) is 13.0. The van der Waals surface area contributed by atoms with E-state index in [1.807, 2.05) is 18.7 Å². The molecule has 1 saturated heterocycles. The average molecular weight is 269 g/mol. The van der Waals surface area contributed by atoms with E-state index in [4.69, 9.17) is 4.74 Å². The Morgan fingerprint density at radius 3 is 2.94 bits per heavy atom. The third-order valence-electron chi connectivity index (χ3n) is 2.64. The highest BCUT2D eigenvalue weighted by Gasteiger charge is 2.20. The third-order valence-corrected chi connectivity index (χ3v) is 3.78. The minimum atomic E-state index is 0.363. The van der Waals surface area contributed by atoms with E-state index in [0.717, 1.165) is 25.4 Å². The van der Waals surface area contributed by atoms with Crippen molar-refractivity contribution >= 4 is 23.7 Å². The van der Waals surface area contributed by atoms with Crippen molar-refractivity contribution in [2.45, 2.75) is 19.1 Å². The zero-order valence-corrected chi connectivity index (χ0v) is 11.8. The van der Waals surface area contributed by atoms with E-state index in [1.54, 1.807) is 7.11 Å². The van der Waals surface area contributed by atoms with Crippen LogP contribution >= 0.6 is 11.8 Å². The number of thioether (sulfide) groups is 1. The number of hydrogen-bond donors (Lipinski definition) is 1. The maximum atomic E-state index is 5.13. The third kappa shape index (κ3) is 3.16. The lowest BCUT2D eigenvalue weighted by molar-refractivity contribution is 0.378. The summed E-state index contributed by atoms with van der Waals surface area (Å²) in [6.07, 6.45) is 0. The fourth-order valence-corrected chi connectivity index (χ4v) is 2.83. The molecular formula is C11H19N5OS. The van der Waals surface area contributed by atoms with Crippen LogP contribution in [0.25, 0.3) is 0 Å². The minimum Gasteiger partial charge on any atom is -0.467 e. The molecule has 2 rings (SSSR count). The Labute approximate surface area is 112 Å². The summed E-state index contributed by atoms with van der Waals surface area (Å²) in [4.78, 5) is 15.1. The predicted octanol–water partition coefficient (Wildman–Crippen LogP) is 1.25. The molecule has 2 heterocycles. The van der Waals surface area contributed by atoms with Gasteiger partial charge in [0, 0.05) is 30.6 Å². The van der Waals surface area contributed by atoms with Crippen LogP contribution in [0, 0.1) is 0 Å². The van der Waals surface area contributed by atoms with Gasteiger partial charge in [-0.3, -0.25) is 0 Å². The second-order valence-electron chi connectivity index (χ2n) is 4.10. The fraction of sp³-hybridized carbons (Fsp3) is 0.727. The zero-order valence-electron chi connectivity index (χ0n) is 11.0. The maximum Gasteiger partial charge on any atom is 0.322 e. The summed E-state index contributed by atoms with van der Waals surface area (Å²) in [5, 5.41) is 3.70. The molecule has 0 saturated carbocycles. The van der Waals surface area contributed by atoms with Crippen molar-refractivity contribution < 1.29 is 4.74 Å². The Morgan fingerprint density at radius 2 is 2.28 bits per heavy atom. The van der Waals surface area contributed by atoms with Gasteiger partial charge in [-0.25, -0.2) is 0 Å². The van der Waals surface area contributed by atoms with Crippen molar-refractivity contribution in [1.82, 2.24) is 15.0 Å². The molecule has 0 bridgehead atoms. The van der Waals surface area contributed by atoms with Crippen LogP contribution in [0.1, 0.15) is 13.8 Å². The molecule has 18 heavy (non-hydrogen) atoms. The quantitative estimate of drug-likeness (QED) is 0.882. The lowest BCUT2D eigenvalue weighted by atomic mass is 10.4. The van der Waals surface area contributed by atoms with Crippen LogP contribution in [0.15, 0.2) is 0 Å². The van der Waals surface area contributed by atoms with E-state index < -0.39 is 0 Å². The summed E-state index contributed by atoms with van der Waals surface area (Å²) in [5.41, 5.74) is 0. The van der Waals surface area contributed by atoms with Gasteiger partial charge in [0.05, 0.1) is 7.11 Å². The Balaban J connectivity index is 2.22. The van der Waals surface area contributed by atoms with Crippen LogP contribution in [0.3, 0.4) is 0 Å². The van der Waals surface area contributed by atoms with Crippen LogP contribution in [0.5, 0.6) is 6.01 Å². The van der Waals surface area contributed by atoms with E-state index in [9.17, 15) is 0 Å². The van der Waals surface area contributed by atoms with Gasteiger partial charge in [-0.1, -0.05) is 6.92 Å². The van der Waals surface area contributed by atoms with Crippen LogP contribution in [-0.2, 0) is 0 Å². The van der Waals surface area contributed by atoms with Gasteiger partial charge in [0.1, 0.15) is 0 Å². The first-order valence-corrected chi connectivity index (χ1v) is 7.18. The van der Waals surface area contributed by atoms with Crippen LogP contribution in [0.4, 0.5) is 11.9 Å². The molecule has 1 fully saturated rings. The Morgan fingerprint density at radius 1 is 1.44 bits per heavy atom. The summed E-state index contributed by atoms with van der Waals surface area (Å²) < 4.78 is 5.13. The van der Waals surface area contributed by atoms with E-state index >= 15 is 0 Å². The van der Waals surface area contributed by atoms with Gasteiger partial charge in [0.2, 0.25) is 11.9 Å². The van der Waals surface area contributed by atoms with Gasteiger partial charge < -0.3 is 15.0 Å². The number of anilines is 2. The van der Waals surface area contributed by atoms with Gasteiger partial charge in [0.15, 0.2) is 0 Å². The summed E-state index contributed by atoms with van der Waals surface area (Å²) in [6, 6.07) is 0.363. The van der Waals surface area contributed by atoms with E-state index in [0.29, 0.717) is 23.2 Å². The first-order chi connectivity index (χ1) is 8.72. The first-order valence-electron chi connectivity index (χ1n) is 6.13. The second kappa shape index (κ2) is 6.08. The second-order valence-corrected chi connectivity index (χ2v) is 5.65. The van der Waals surface area contributed by atoms with Gasteiger partial charge in [-0.2, -0.15) is 26.7 Å². The molecular weight excluding hydrogens is 250 g/mol. The topological polar surface area (TPSA) is 63.2 Å². The number of nitrogens with one attached hydrogen (secondary N) is 1. The maximum absolute atomic E-state index is 5.13. The summed E-state index contributed by atoms with van der Waals surface area (Å²) in [6.45, 7) is 6.94. The van der Waals surface area contributed by atoms with Crippen LogP contribution in [-0.4, -0.2) is 52.7 Å². The number of hydrogen-bond acceptors (Lipinski definition) is 7. The van der Waals surface area contributed by atoms with Gasteiger partial charge in [0.25, 0.3) is 0 Å². The van der Waals surface area contributed by atoms with Gasteiger partial charge >= 0.3 is 6.01 Å². The number of methoxy groups -OCH3 is 1. The average Bonchev–Trinajstić information content (AvgIpc) is 2.39. The Kier molecular flexibility index (Phi) is 4.46. The normalized spacial score (nSPS) is 19.7.